The van der Waals surface area contributed by atoms with E-state index in [9.17, 15) is 0 Å². The lowest BCUT2D eigenvalue weighted by Crippen LogP contribution is -3.00. The van der Waals surface area contributed by atoms with Crippen LogP contribution in [-0.2, 0) is 12.5 Å². The molecule has 0 spiro atoms. The Bertz CT molecular complexity index is 483. The van der Waals surface area contributed by atoms with Gasteiger partial charge in [-0.25, -0.2) is 9.55 Å². The van der Waals surface area contributed by atoms with Gasteiger partial charge in [0.05, 0.1) is 5.69 Å². The lowest BCUT2D eigenvalue weighted by Gasteiger charge is -2.14. The number of aryl methyl sites for hydroxylation is 1. The van der Waals surface area contributed by atoms with Crippen LogP contribution in [0.1, 0.15) is 26.5 Å². The van der Waals surface area contributed by atoms with E-state index in [0.29, 0.717) is 0 Å². The predicted molar refractivity (Wildman–Crippen MR) is 67.4 cm³/mol. The van der Waals surface area contributed by atoms with Crippen LogP contribution in [0.2, 0.25) is 0 Å². The van der Waals surface area contributed by atoms with E-state index in [1.807, 2.05) is 24.0 Å². The van der Waals surface area contributed by atoms with Crippen LogP contribution in [0.5, 0.6) is 0 Å². The molecule has 2 heterocycles. The third kappa shape index (κ3) is 3.48. The summed E-state index contributed by atoms with van der Waals surface area (Å²) in [5, 5.41) is 3.26. The highest BCUT2D eigenvalue weighted by Gasteiger charge is 2.17. The molecule has 0 N–H and O–H groups in total. The maximum Gasteiger partial charge on any atom is 0.169 e. The number of aromatic nitrogens is 2. The first-order valence-corrected chi connectivity index (χ1v) is 6.26. The number of halogens is 1. The van der Waals surface area contributed by atoms with Crippen LogP contribution in [0, 0.1) is 0 Å². The Morgan fingerprint density at radius 1 is 1.18 bits per heavy atom. The van der Waals surface area contributed by atoms with Gasteiger partial charge in [0.15, 0.2) is 12.4 Å². The van der Waals surface area contributed by atoms with E-state index in [2.05, 4.69) is 38.3 Å². The fourth-order valence-corrected chi connectivity index (χ4v) is 2.45. The smallest absolute Gasteiger partial charge is 0.169 e. The molecule has 0 unspecified atom stereocenters. The third-order valence-electron chi connectivity index (χ3n) is 2.50. The molecule has 0 aliphatic heterocycles. The molecule has 2 aromatic rings. The summed E-state index contributed by atoms with van der Waals surface area (Å²) >= 11 is 1.72. The Morgan fingerprint density at radius 3 is 2.24 bits per heavy atom. The second-order valence-electron chi connectivity index (χ2n) is 5.04. The minimum Gasteiger partial charge on any atom is -1.00 e. The van der Waals surface area contributed by atoms with Crippen molar-refractivity contribution >= 4 is 11.3 Å². The van der Waals surface area contributed by atoms with Gasteiger partial charge < -0.3 is 24.0 Å². The van der Waals surface area contributed by atoms with Gasteiger partial charge in [0.2, 0.25) is 0 Å². The van der Waals surface area contributed by atoms with Gasteiger partial charge >= 0.3 is 0 Å². The Labute approximate surface area is 124 Å². The molecule has 2 rings (SSSR count). The summed E-state index contributed by atoms with van der Waals surface area (Å²) in [7, 11) is 2.02. The molecular formula is C13H17IN2S. The lowest BCUT2D eigenvalue weighted by molar-refractivity contribution is -0.671. The molecule has 0 bridgehead atoms. The fraction of sp³-hybridized carbons (Fsp3) is 0.385. The highest BCUT2D eigenvalue weighted by Crippen LogP contribution is 2.29. The van der Waals surface area contributed by atoms with Crippen LogP contribution in [0.15, 0.2) is 29.9 Å². The molecule has 4 heteroatoms. The third-order valence-corrected chi connectivity index (χ3v) is 3.39. The molecule has 2 aromatic heterocycles. The summed E-state index contributed by atoms with van der Waals surface area (Å²) in [6.45, 7) is 6.57. The first kappa shape index (κ1) is 14.6. The van der Waals surface area contributed by atoms with Gasteiger partial charge in [0.25, 0.3) is 0 Å². The van der Waals surface area contributed by atoms with Gasteiger partial charge in [0, 0.05) is 28.5 Å². The molecule has 92 valence electrons. The average molecular weight is 360 g/mol. The molecule has 0 saturated heterocycles. The minimum atomic E-state index is 0. The Hall–Kier alpha value is -0.490. The number of nitrogens with zero attached hydrogens (tertiary/aromatic N) is 2. The Kier molecular flexibility index (Phi) is 4.66. The molecule has 0 aliphatic rings. The quantitative estimate of drug-likeness (QED) is 0.514. The summed E-state index contributed by atoms with van der Waals surface area (Å²) < 4.78 is 2.03. The van der Waals surface area contributed by atoms with E-state index in [-0.39, 0.29) is 29.4 Å². The summed E-state index contributed by atoms with van der Waals surface area (Å²) in [6, 6.07) is 4.20. The first-order valence-electron chi connectivity index (χ1n) is 5.38. The second kappa shape index (κ2) is 5.44. The summed E-state index contributed by atoms with van der Waals surface area (Å²) in [6.07, 6.45) is 4.10. The van der Waals surface area contributed by atoms with Crippen molar-refractivity contribution in [3.05, 3.63) is 35.6 Å². The largest absolute Gasteiger partial charge is 1.00 e. The standard InChI is InChI=1S/C13H17N2S.HI/c1-13(2,3)11-9-16-12(14-11)10-5-7-15(4)8-6-10;/h5-9H,1-4H3;1H/q+1;/p-1. The van der Waals surface area contributed by atoms with Crippen LogP contribution in [0.25, 0.3) is 10.6 Å². The highest BCUT2D eigenvalue weighted by molar-refractivity contribution is 7.13. The van der Waals surface area contributed by atoms with Gasteiger partial charge in [-0.15, -0.1) is 11.3 Å². The molecule has 0 radical (unpaired) electrons. The molecule has 0 atom stereocenters. The van der Waals surface area contributed by atoms with Crippen molar-refractivity contribution in [1.82, 2.24) is 4.98 Å². The van der Waals surface area contributed by atoms with Crippen molar-refractivity contribution in [3.63, 3.8) is 0 Å². The van der Waals surface area contributed by atoms with Crippen molar-refractivity contribution in [2.24, 2.45) is 7.05 Å². The van der Waals surface area contributed by atoms with Gasteiger partial charge in [-0.2, -0.15) is 0 Å². The van der Waals surface area contributed by atoms with Gasteiger partial charge in [-0.3, -0.25) is 0 Å². The number of rotatable bonds is 1. The Balaban J connectivity index is 0.00000144. The van der Waals surface area contributed by atoms with Crippen molar-refractivity contribution in [2.45, 2.75) is 26.2 Å². The van der Waals surface area contributed by atoms with E-state index in [1.165, 1.54) is 11.3 Å². The molecule has 0 aromatic carbocycles. The van der Waals surface area contributed by atoms with Crippen molar-refractivity contribution in [2.75, 3.05) is 0 Å². The van der Waals surface area contributed by atoms with Crippen LogP contribution < -0.4 is 28.5 Å². The highest BCUT2D eigenvalue weighted by atomic mass is 127. The van der Waals surface area contributed by atoms with Gasteiger partial charge in [-0.1, -0.05) is 20.8 Å². The van der Waals surface area contributed by atoms with E-state index in [4.69, 9.17) is 4.98 Å². The number of hydrogen-bond donors (Lipinski definition) is 0. The zero-order valence-corrected chi connectivity index (χ0v) is 13.5. The number of pyridine rings is 1. The average Bonchev–Trinajstić information content (AvgIpc) is 2.67. The van der Waals surface area contributed by atoms with Crippen LogP contribution in [-0.4, -0.2) is 4.98 Å². The molecular weight excluding hydrogens is 343 g/mol. The summed E-state index contributed by atoms with van der Waals surface area (Å²) in [5.74, 6) is 0. The number of hydrogen-bond acceptors (Lipinski definition) is 2. The summed E-state index contributed by atoms with van der Waals surface area (Å²) in [5.41, 5.74) is 2.49. The van der Waals surface area contributed by atoms with Gasteiger partial charge in [0.1, 0.15) is 12.1 Å². The lowest BCUT2D eigenvalue weighted by atomic mass is 9.93. The monoisotopic (exact) mass is 360 g/mol. The second-order valence-corrected chi connectivity index (χ2v) is 5.90. The number of thiazole rings is 1. The van der Waals surface area contributed by atoms with E-state index in [1.54, 1.807) is 11.3 Å². The van der Waals surface area contributed by atoms with Gasteiger partial charge in [-0.05, 0) is 0 Å². The molecule has 0 fully saturated rings. The molecule has 2 nitrogen and oxygen atoms in total. The predicted octanol–water partition coefficient (Wildman–Crippen LogP) is -0.0639. The van der Waals surface area contributed by atoms with Crippen LogP contribution in [0.3, 0.4) is 0 Å². The van der Waals surface area contributed by atoms with Crippen LogP contribution >= 0.6 is 11.3 Å². The fourth-order valence-electron chi connectivity index (χ4n) is 1.39. The SMILES string of the molecule is C[n+]1ccc(-c2nc(C(C)(C)C)cs2)cc1.[I-]. The van der Waals surface area contributed by atoms with E-state index in [0.717, 1.165) is 5.01 Å². The van der Waals surface area contributed by atoms with E-state index >= 15 is 0 Å². The normalized spacial score (nSPS) is 11.1. The maximum atomic E-state index is 4.69. The van der Waals surface area contributed by atoms with Crippen molar-refractivity contribution < 1.29 is 28.5 Å². The zero-order chi connectivity index (χ0) is 11.8. The van der Waals surface area contributed by atoms with E-state index < -0.39 is 0 Å². The topological polar surface area (TPSA) is 16.8 Å². The first-order chi connectivity index (χ1) is 7.47. The minimum absolute atomic E-state index is 0. The van der Waals surface area contributed by atoms with Crippen molar-refractivity contribution in [1.29, 1.82) is 0 Å². The van der Waals surface area contributed by atoms with Crippen molar-refractivity contribution in [3.8, 4) is 10.6 Å². The molecule has 0 saturated carbocycles. The molecule has 0 amide bonds. The molecule has 17 heavy (non-hydrogen) atoms. The molecule has 0 aliphatic carbocycles. The zero-order valence-electron chi connectivity index (χ0n) is 10.6. The van der Waals surface area contributed by atoms with Crippen LogP contribution in [0.4, 0.5) is 0 Å². The Morgan fingerprint density at radius 2 is 1.76 bits per heavy atom. The maximum absolute atomic E-state index is 4.69. The summed E-state index contributed by atoms with van der Waals surface area (Å²) in [4.78, 5) is 4.69.